The second-order valence-electron chi connectivity index (χ2n) is 9.01. The Hall–Kier alpha value is -4.31. The summed E-state index contributed by atoms with van der Waals surface area (Å²) < 4.78 is 14.9. The van der Waals surface area contributed by atoms with Gasteiger partial charge in [0.15, 0.2) is 0 Å². The Bertz CT molecular complexity index is 1470. The maximum absolute atomic E-state index is 13.9. The van der Waals surface area contributed by atoms with Crippen molar-refractivity contribution in [2.75, 3.05) is 0 Å². The first kappa shape index (κ1) is 25.8. The molecule has 2 heterocycles. The third-order valence-corrected chi connectivity index (χ3v) is 6.51. The second-order valence-corrected chi connectivity index (χ2v) is 9.01. The van der Waals surface area contributed by atoms with Crippen LogP contribution in [0.2, 0.25) is 0 Å². The third kappa shape index (κ3) is 5.75. The van der Waals surface area contributed by atoms with Crippen LogP contribution in [0.4, 0.5) is 4.39 Å². The topological polar surface area (TPSA) is 91.8 Å². The SMILES string of the molecule is CCCCc1nc(O)c(Cc2ccc(-c3ccc(F)nc3)cc2)c(=O)n1C(CC)c1cccc(C#N)c1. The molecule has 1 atom stereocenters. The van der Waals surface area contributed by atoms with E-state index in [0.29, 0.717) is 24.2 Å². The van der Waals surface area contributed by atoms with Crippen molar-refractivity contribution in [2.45, 2.75) is 52.0 Å². The van der Waals surface area contributed by atoms with Gasteiger partial charge in [-0.25, -0.2) is 4.98 Å². The Balaban J connectivity index is 1.74. The predicted molar refractivity (Wildman–Crippen MR) is 141 cm³/mol. The molecule has 0 saturated heterocycles. The fraction of sp³-hybridized carbons (Fsp3) is 0.267. The van der Waals surface area contributed by atoms with Gasteiger partial charge in [-0.1, -0.05) is 56.7 Å². The molecule has 0 aliphatic rings. The van der Waals surface area contributed by atoms with Crippen LogP contribution in [-0.4, -0.2) is 19.6 Å². The van der Waals surface area contributed by atoms with Crippen LogP contribution in [0.25, 0.3) is 11.1 Å². The number of unbranched alkanes of at least 4 members (excludes halogenated alkanes) is 1. The monoisotopic (exact) mass is 496 g/mol. The Labute approximate surface area is 215 Å². The summed E-state index contributed by atoms with van der Waals surface area (Å²) in [5.41, 5.74) is 3.82. The molecule has 0 amide bonds. The van der Waals surface area contributed by atoms with Crippen LogP contribution in [-0.2, 0) is 12.8 Å². The van der Waals surface area contributed by atoms with Gasteiger partial charge >= 0.3 is 0 Å². The zero-order valence-electron chi connectivity index (χ0n) is 21.0. The van der Waals surface area contributed by atoms with Gasteiger partial charge in [-0.15, -0.1) is 0 Å². The molecule has 4 rings (SSSR count). The summed E-state index contributed by atoms with van der Waals surface area (Å²) in [5.74, 6) is -0.243. The number of rotatable bonds is 9. The summed E-state index contributed by atoms with van der Waals surface area (Å²) in [7, 11) is 0. The molecule has 1 N–H and O–H groups in total. The minimum atomic E-state index is -0.535. The molecule has 4 aromatic rings. The number of aryl methyl sites for hydroxylation is 1. The molecule has 0 radical (unpaired) electrons. The van der Waals surface area contributed by atoms with Gasteiger partial charge in [-0.3, -0.25) is 9.36 Å². The zero-order chi connectivity index (χ0) is 26.4. The highest BCUT2D eigenvalue weighted by atomic mass is 19.1. The van der Waals surface area contributed by atoms with Crippen molar-refractivity contribution in [3.05, 3.63) is 111 Å². The van der Waals surface area contributed by atoms with Crippen LogP contribution in [0, 0.1) is 17.3 Å². The molecule has 0 spiro atoms. The van der Waals surface area contributed by atoms with E-state index in [-0.39, 0.29) is 29.5 Å². The van der Waals surface area contributed by atoms with Crippen LogP contribution < -0.4 is 5.56 Å². The fourth-order valence-corrected chi connectivity index (χ4v) is 4.54. The van der Waals surface area contributed by atoms with Crippen molar-refractivity contribution in [3.63, 3.8) is 0 Å². The number of aromatic hydroxyl groups is 1. The molecular weight excluding hydrogens is 467 g/mol. The Kier molecular flexibility index (Phi) is 8.09. The number of nitriles is 1. The molecule has 0 bridgehead atoms. The molecule has 0 fully saturated rings. The zero-order valence-corrected chi connectivity index (χ0v) is 21.0. The third-order valence-electron chi connectivity index (χ3n) is 6.51. The fourth-order valence-electron chi connectivity index (χ4n) is 4.54. The van der Waals surface area contributed by atoms with Crippen molar-refractivity contribution >= 4 is 0 Å². The molecule has 6 nitrogen and oxygen atoms in total. The Morgan fingerprint density at radius 1 is 1.08 bits per heavy atom. The number of aromatic nitrogens is 3. The lowest BCUT2D eigenvalue weighted by Crippen LogP contribution is -2.32. The summed E-state index contributed by atoms with van der Waals surface area (Å²) in [5, 5.41) is 20.2. The predicted octanol–water partition coefficient (Wildman–Crippen LogP) is 5.95. The van der Waals surface area contributed by atoms with E-state index in [4.69, 9.17) is 0 Å². The normalized spacial score (nSPS) is 11.7. The molecule has 0 saturated carbocycles. The van der Waals surface area contributed by atoms with Crippen molar-refractivity contribution < 1.29 is 9.50 Å². The van der Waals surface area contributed by atoms with Gasteiger partial charge in [-0.2, -0.15) is 14.6 Å². The minimum absolute atomic E-state index is 0.211. The largest absolute Gasteiger partial charge is 0.493 e. The van der Waals surface area contributed by atoms with E-state index >= 15 is 0 Å². The number of benzene rings is 2. The van der Waals surface area contributed by atoms with E-state index in [1.165, 1.54) is 12.3 Å². The number of halogens is 1. The van der Waals surface area contributed by atoms with E-state index in [2.05, 4.69) is 23.0 Å². The number of hydrogen-bond acceptors (Lipinski definition) is 5. The van der Waals surface area contributed by atoms with E-state index in [9.17, 15) is 19.6 Å². The Morgan fingerprint density at radius 3 is 2.49 bits per heavy atom. The van der Waals surface area contributed by atoms with Crippen molar-refractivity contribution in [1.82, 2.24) is 14.5 Å². The van der Waals surface area contributed by atoms with Gasteiger partial charge in [0, 0.05) is 24.6 Å². The summed E-state index contributed by atoms with van der Waals surface area (Å²) in [6, 6.07) is 19.6. The summed E-state index contributed by atoms with van der Waals surface area (Å²) in [6.07, 6.45) is 4.63. The van der Waals surface area contributed by atoms with Crippen molar-refractivity contribution in [1.29, 1.82) is 5.26 Å². The van der Waals surface area contributed by atoms with E-state index < -0.39 is 5.95 Å². The van der Waals surface area contributed by atoms with E-state index in [1.807, 2.05) is 43.3 Å². The quantitative estimate of drug-likeness (QED) is 0.289. The molecule has 37 heavy (non-hydrogen) atoms. The maximum Gasteiger partial charge on any atom is 0.261 e. The average molecular weight is 497 g/mol. The van der Waals surface area contributed by atoms with E-state index in [1.54, 1.807) is 22.8 Å². The van der Waals surface area contributed by atoms with Crippen LogP contribution in [0.5, 0.6) is 5.88 Å². The van der Waals surface area contributed by atoms with Crippen molar-refractivity contribution in [2.24, 2.45) is 0 Å². The maximum atomic E-state index is 13.9. The molecule has 7 heteroatoms. The highest BCUT2D eigenvalue weighted by molar-refractivity contribution is 5.62. The molecular formula is C30H29FN4O2. The first-order chi connectivity index (χ1) is 17.9. The van der Waals surface area contributed by atoms with Crippen LogP contribution >= 0.6 is 0 Å². The number of pyridine rings is 1. The lowest BCUT2D eigenvalue weighted by atomic mass is 9.99. The van der Waals surface area contributed by atoms with Gasteiger partial charge in [0.25, 0.3) is 5.56 Å². The number of hydrogen-bond donors (Lipinski definition) is 1. The average Bonchev–Trinajstić information content (AvgIpc) is 2.92. The highest BCUT2D eigenvalue weighted by Gasteiger charge is 2.23. The van der Waals surface area contributed by atoms with Crippen LogP contribution in [0.15, 0.2) is 71.7 Å². The van der Waals surface area contributed by atoms with Gasteiger partial charge in [0.2, 0.25) is 11.8 Å². The van der Waals surface area contributed by atoms with Gasteiger partial charge in [-0.05, 0) is 53.8 Å². The summed E-state index contributed by atoms with van der Waals surface area (Å²) in [4.78, 5) is 22.1. The molecule has 2 aromatic carbocycles. The smallest absolute Gasteiger partial charge is 0.261 e. The number of nitrogens with zero attached hydrogens (tertiary/aromatic N) is 4. The summed E-state index contributed by atoms with van der Waals surface area (Å²) in [6.45, 7) is 4.06. The molecule has 0 aliphatic carbocycles. The van der Waals surface area contributed by atoms with Crippen molar-refractivity contribution in [3.8, 4) is 23.1 Å². The first-order valence-corrected chi connectivity index (χ1v) is 12.5. The minimum Gasteiger partial charge on any atom is -0.493 e. The van der Waals surface area contributed by atoms with E-state index in [0.717, 1.165) is 35.1 Å². The summed E-state index contributed by atoms with van der Waals surface area (Å²) >= 11 is 0. The van der Waals surface area contributed by atoms with Gasteiger partial charge in [0.05, 0.1) is 23.2 Å². The Morgan fingerprint density at radius 2 is 1.84 bits per heavy atom. The molecule has 188 valence electrons. The molecule has 2 aromatic heterocycles. The second kappa shape index (κ2) is 11.6. The lowest BCUT2D eigenvalue weighted by molar-refractivity contribution is 0.420. The van der Waals surface area contributed by atoms with Gasteiger partial charge in [0.1, 0.15) is 5.82 Å². The molecule has 1 unspecified atom stereocenters. The van der Waals surface area contributed by atoms with Gasteiger partial charge < -0.3 is 5.11 Å². The standard InChI is InChI=1S/C30H29FN4O2/c1-3-5-9-28-34-29(36)25(17-20-10-12-22(13-11-20)24-14-15-27(31)33-19-24)30(37)35(28)26(4-2)23-8-6-7-21(16-23)18-32/h6-8,10-16,19,26,36H,3-5,9,17H2,1-2H3. The highest BCUT2D eigenvalue weighted by Crippen LogP contribution is 2.26. The lowest BCUT2D eigenvalue weighted by Gasteiger charge is -2.23. The van der Waals surface area contributed by atoms with Crippen LogP contribution in [0.1, 0.15) is 67.2 Å². The van der Waals surface area contributed by atoms with Crippen LogP contribution in [0.3, 0.4) is 0 Å². The first-order valence-electron chi connectivity index (χ1n) is 12.5. The molecule has 0 aliphatic heterocycles.